The summed E-state index contributed by atoms with van der Waals surface area (Å²) in [4.78, 5) is 1.50. The third-order valence-electron chi connectivity index (χ3n) is 5.31. The molecule has 4 rings (SSSR count). The van der Waals surface area contributed by atoms with Crippen LogP contribution in [-0.2, 0) is 21.1 Å². The molecule has 1 aliphatic carbocycles. The minimum absolute atomic E-state index is 0.0888. The maximum Gasteiger partial charge on any atom is 0.212 e. The average molecular weight is 407 g/mol. The number of rotatable bonds is 4. The largest absolute Gasteiger partial charge is 0.370 e. The molecule has 27 heavy (non-hydrogen) atoms. The first-order chi connectivity index (χ1) is 12.9. The lowest BCUT2D eigenvalue weighted by Crippen LogP contribution is -3.12. The number of anilines is 1. The van der Waals surface area contributed by atoms with Crippen molar-refractivity contribution in [3.8, 4) is 0 Å². The van der Waals surface area contributed by atoms with Gasteiger partial charge in [0.15, 0.2) is 0 Å². The summed E-state index contributed by atoms with van der Waals surface area (Å²) in [6, 6.07) is 10.3. The van der Waals surface area contributed by atoms with Crippen molar-refractivity contribution in [2.24, 2.45) is 5.41 Å². The smallest absolute Gasteiger partial charge is 0.212 e. The molecule has 0 spiro atoms. The van der Waals surface area contributed by atoms with Crippen molar-refractivity contribution in [1.82, 2.24) is 5.43 Å². The summed E-state index contributed by atoms with van der Waals surface area (Å²) in [6.07, 6.45) is 0.945. The van der Waals surface area contributed by atoms with Gasteiger partial charge in [-0.1, -0.05) is 38.1 Å². The lowest BCUT2D eigenvalue weighted by molar-refractivity contribution is -0.871. The predicted molar refractivity (Wildman–Crippen MR) is 113 cm³/mol. The van der Waals surface area contributed by atoms with Crippen molar-refractivity contribution < 1.29 is 14.2 Å². The number of hydrazine groups is 1. The standard InChI is InChI=1S/C20H28N3O2PS/c1-4-25-26(27)19-17(21-23(26)16-8-6-5-7-9-16)14-20(2,3)15-18(19)22-10-12-24-13-11-22/h5-9,14,21H,4,10-13,15H2,1-3H3/p+1/t26-/m0/s1. The van der Waals surface area contributed by atoms with E-state index in [4.69, 9.17) is 21.1 Å². The normalized spacial score (nSPS) is 28.0. The third kappa shape index (κ3) is 3.50. The Hall–Kier alpha value is -1.17. The number of hydrogen-bond donors (Lipinski definition) is 2. The van der Waals surface area contributed by atoms with Crippen LogP contribution in [-0.4, -0.2) is 32.9 Å². The maximum atomic E-state index is 6.36. The van der Waals surface area contributed by atoms with Crippen LogP contribution < -0.4 is 15.1 Å². The van der Waals surface area contributed by atoms with Crippen LogP contribution in [0.1, 0.15) is 27.2 Å². The zero-order chi connectivity index (χ0) is 19.1. The van der Waals surface area contributed by atoms with E-state index in [1.54, 1.807) is 0 Å². The molecule has 0 amide bonds. The van der Waals surface area contributed by atoms with Crippen molar-refractivity contribution in [3.05, 3.63) is 53.1 Å². The van der Waals surface area contributed by atoms with E-state index in [0.29, 0.717) is 6.61 Å². The van der Waals surface area contributed by atoms with Crippen LogP contribution in [0.4, 0.5) is 5.69 Å². The Morgan fingerprint density at radius 3 is 2.63 bits per heavy atom. The Labute approximate surface area is 167 Å². The van der Waals surface area contributed by atoms with Gasteiger partial charge in [-0.15, -0.1) is 0 Å². The van der Waals surface area contributed by atoms with Gasteiger partial charge in [0.05, 0.1) is 31.2 Å². The minimum atomic E-state index is -2.41. The number of hydrogen-bond acceptors (Lipinski definition) is 4. The van der Waals surface area contributed by atoms with Crippen LogP contribution in [0.2, 0.25) is 0 Å². The van der Waals surface area contributed by atoms with Crippen LogP contribution in [0.5, 0.6) is 0 Å². The van der Waals surface area contributed by atoms with Gasteiger partial charge >= 0.3 is 0 Å². The molecule has 0 aromatic heterocycles. The van der Waals surface area contributed by atoms with E-state index >= 15 is 0 Å². The van der Waals surface area contributed by atoms with Crippen molar-refractivity contribution in [2.75, 3.05) is 37.7 Å². The second-order valence-corrected chi connectivity index (χ2v) is 11.6. The summed E-state index contributed by atoms with van der Waals surface area (Å²) in [5, 5.41) is 1.24. The summed E-state index contributed by atoms with van der Waals surface area (Å²) in [5.41, 5.74) is 7.33. The zero-order valence-corrected chi connectivity index (χ0v) is 18.0. The first-order valence-electron chi connectivity index (χ1n) is 9.71. The van der Waals surface area contributed by atoms with E-state index < -0.39 is 6.42 Å². The zero-order valence-electron chi connectivity index (χ0n) is 16.3. The molecule has 1 aromatic carbocycles. The Morgan fingerprint density at radius 1 is 1.26 bits per heavy atom. The molecule has 1 aromatic rings. The predicted octanol–water partition coefficient (Wildman–Crippen LogP) is 2.80. The number of nitrogens with one attached hydrogen (secondary N) is 2. The molecule has 0 bridgehead atoms. The van der Waals surface area contributed by atoms with Gasteiger partial charge in [0.25, 0.3) is 0 Å². The molecular weight excluding hydrogens is 377 g/mol. The van der Waals surface area contributed by atoms with Crippen LogP contribution in [0.15, 0.2) is 53.1 Å². The average Bonchev–Trinajstić information content (AvgIpc) is 2.94. The SMILES string of the molecule is CCO[P@]1(=S)C2=C([NH+]3CCOCC3)CC(C)(C)C=C2NN1c1ccccc1. The molecule has 5 nitrogen and oxygen atoms in total. The summed E-state index contributed by atoms with van der Waals surface area (Å²) in [7, 11) is 0. The summed E-state index contributed by atoms with van der Waals surface area (Å²) in [5.74, 6) is 0. The van der Waals surface area contributed by atoms with Gasteiger partial charge in [0.1, 0.15) is 24.1 Å². The maximum absolute atomic E-state index is 6.36. The third-order valence-corrected chi connectivity index (χ3v) is 9.20. The first-order valence-corrected chi connectivity index (χ1v) is 12.4. The minimum Gasteiger partial charge on any atom is -0.370 e. The van der Waals surface area contributed by atoms with Crippen LogP contribution in [0.25, 0.3) is 0 Å². The van der Waals surface area contributed by atoms with E-state index in [-0.39, 0.29) is 5.41 Å². The van der Waals surface area contributed by atoms with Gasteiger partial charge in [-0.05, 0) is 36.3 Å². The molecule has 0 saturated carbocycles. The highest BCUT2D eigenvalue weighted by Crippen LogP contribution is 2.67. The highest BCUT2D eigenvalue weighted by molar-refractivity contribution is 8.15. The van der Waals surface area contributed by atoms with Gasteiger partial charge in [-0.25, -0.2) is 4.78 Å². The summed E-state index contributed by atoms with van der Waals surface area (Å²) < 4.78 is 14.1. The Bertz CT molecular complexity index is 816. The van der Waals surface area contributed by atoms with Crippen molar-refractivity contribution in [3.63, 3.8) is 0 Å². The molecule has 2 saturated heterocycles. The Morgan fingerprint density at radius 2 is 1.96 bits per heavy atom. The topological polar surface area (TPSA) is 38.2 Å². The second-order valence-electron chi connectivity index (χ2n) is 7.96. The van der Waals surface area contributed by atoms with Gasteiger partial charge in [-0.3, -0.25) is 5.43 Å². The molecule has 1 atom stereocenters. The molecule has 2 aliphatic heterocycles. The first kappa shape index (κ1) is 19.2. The van der Waals surface area contributed by atoms with E-state index in [1.807, 2.05) is 25.1 Å². The fourth-order valence-electron chi connectivity index (χ4n) is 4.19. The second kappa shape index (κ2) is 7.34. The molecule has 3 aliphatic rings. The van der Waals surface area contributed by atoms with Crippen LogP contribution in [0, 0.1) is 5.41 Å². The molecule has 0 unspecified atom stereocenters. The van der Waals surface area contributed by atoms with E-state index in [2.05, 4.69) is 42.3 Å². The number of allylic oxidation sites excluding steroid dienone is 3. The Kier molecular flexibility index (Phi) is 5.21. The summed E-state index contributed by atoms with van der Waals surface area (Å²) in [6.45, 7) is 10.8. The molecule has 7 heteroatoms. The fraction of sp³-hybridized carbons (Fsp3) is 0.500. The van der Waals surface area contributed by atoms with Crippen LogP contribution in [0.3, 0.4) is 0 Å². The van der Waals surface area contributed by atoms with Crippen molar-refractivity contribution in [1.29, 1.82) is 0 Å². The highest BCUT2D eigenvalue weighted by atomic mass is 32.4. The molecular formula is C20H29N3O2PS+. The number of quaternary nitrogens is 1. The number of ether oxygens (including phenoxy) is 1. The summed E-state index contributed by atoms with van der Waals surface area (Å²) >= 11 is 6.30. The molecule has 2 heterocycles. The lowest BCUT2D eigenvalue weighted by Gasteiger charge is -2.35. The van der Waals surface area contributed by atoms with Gasteiger partial charge in [-0.2, -0.15) is 0 Å². The van der Waals surface area contributed by atoms with Gasteiger partial charge in [0.2, 0.25) is 6.42 Å². The Balaban J connectivity index is 1.86. The molecule has 2 fully saturated rings. The molecule has 146 valence electrons. The van der Waals surface area contributed by atoms with Gasteiger partial charge < -0.3 is 14.2 Å². The quantitative estimate of drug-likeness (QED) is 0.753. The van der Waals surface area contributed by atoms with E-state index in [9.17, 15) is 0 Å². The highest BCUT2D eigenvalue weighted by Gasteiger charge is 2.49. The molecule has 0 radical (unpaired) electrons. The van der Waals surface area contributed by atoms with Gasteiger partial charge in [0, 0.05) is 6.42 Å². The fourth-order valence-corrected chi connectivity index (χ4v) is 8.01. The number of fused-ring (bicyclic) bond motifs is 1. The van der Waals surface area contributed by atoms with E-state index in [0.717, 1.165) is 44.1 Å². The van der Waals surface area contributed by atoms with E-state index in [1.165, 1.54) is 15.9 Å². The number of morpholine rings is 1. The monoisotopic (exact) mass is 406 g/mol. The number of para-hydroxylation sites is 1. The van der Waals surface area contributed by atoms with Crippen molar-refractivity contribution >= 4 is 23.9 Å². The number of nitrogens with zero attached hydrogens (tertiary/aromatic N) is 1. The van der Waals surface area contributed by atoms with Crippen molar-refractivity contribution in [2.45, 2.75) is 27.2 Å². The molecule has 2 N–H and O–H groups in total. The lowest BCUT2D eigenvalue weighted by atomic mass is 9.82. The van der Waals surface area contributed by atoms with Crippen LogP contribution >= 0.6 is 6.42 Å². The number of benzene rings is 1.